The number of nitrogens with zero attached hydrogens (tertiary/aromatic N) is 2. The van der Waals surface area contributed by atoms with Crippen LogP contribution in [-0.2, 0) is 24.7 Å². The van der Waals surface area contributed by atoms with Crippen molar-refractivity contribution < 1.29 is 33.6 Å². The topological polar surface area (TPSA) is 117 Å². The number of hydrogen-bond acceptors (Lipinski definition) is 8. The zero-order valence-corrected chi connectivity index (χ0v) is 28.4. The Morgan fingerprint density at radius 1 is 1.02 bits per heavy atom. The van der Waals surface area contributed by atoms with E-state index in [4.69, 9.17) is 18.9 Å². The monoisotopic (exact) mass is 648 g/mol. The van der Waals surface area contributed by atoms with E-state index in [1.807, 2.05) is 30.3 Å². The van der Waals surface area contributed by atoms with Crippen LogP contribution in [0.5, 0.6) is 11.5 Å². The van der Waals surface area contributed by atoms with Crippen molar-refractivity contribution in [3.63, 3.8) is 0 Å². The minimum Gasteiger partial charge on any atom is -0.497 e. The van der Waals surface area contributed by atoms with Gasteiger partial charge in [0.05, 0.1) is 41.2 Å². The second-order valence-electron chi connectivity index (χ2n) is 12.6. The van der Waals surface area contributed by atoms with Crippen molar-refractivity contribution in [2.45, 2.75) is 62.9 Å². The van der Waals surface area contributed by atoms with Crippen molar-refractivity contribution in [1.29, 1.82) is 0 Å². The first kappa shape index (κ1) is 33.4. The summed E-state index contributed by atoms with van der Waals surface area (Å²) in [7, 11) is 2.12. The molecule has 1 saturated heterocycles. The summed E-state index contributed by atoms with van der Waals surface area (Å²) in [5.74, 6) is 0.285. The first-order valence-corrected chi connectivity index (χ1v) is 18.8. The number of aliphatic hydroxyl groups is 1. The maximum Gasteiger partial charge on any atom is 0.305 e. The molecular formula is C35H44N2O8Si. The standard InChI is InChI=1S/C35H44N2O8Si/c1-23-32(46(5,6)26-15-13-25(42-2)14-16-26)29(18-21-38)45-35(23)27-22-24(36-20-9-10-30(43-3)33(36)40)12-17-28(27)37(34(35)41)19-8-7-11-31(39)44-4/h9-10,12-17,20,22-23,29,32,38H,7-8,11,18-19,21H2,1-6H3/t23-,29+,32-,35+/m0/s1. The van der Waals surface area contributed by atoms with Gasteiger partial charge in [-0.1, -0.05) is 37.3 Å². The number of aromatic nitrogens is 1. The molecule has 1 fully saturated rings. The molecule has 1 N–H and O–H groups in total. The van der Waals surface area contributed by atoms with Crippen LogP contribution >= 0.6 is 0 Å². The first-order chi connectivity index (χ1) is 22.0. The lowest BCUT2D eigenvalue weighted by atomic mass is 9.82. The summed E-state index contributed by atoms with van der Waals surface area (Å²) < 4.78 is 24.0. The molecule has 5 rings (SSSR count). The number of benzene rings is 2. The van der Waals surface area contributed by atoms with Crippen molar-refractivity contribution in [3.05, 3.63) is 76.7 Å². The van der Waals surface area contributed by atoms with Gasteiger partial charge in [-0.05, 0) is 67.3 Å². The second-order valence-corrected chi connectivity index (χ2v) is 17.3. The number of fused-ring (bicyclic) bond motifs is 2. The van der Waals surface area contributed by atoms with Gasteiger partial charge in [0.1, 0.15) is 5.75 Å². The van der Waals surface area contributed by atoms with Crippen LogP contribution in [0.3, 0.4) is 0 Å². The van der Waals surface area contributed by atoms with E-state index in [2.05, 4.69) is 32.2 Å². The number of pyridine rings is 1. The highest BCUT2D eigenvalue weighted by Gasteiger charge is 2.66. The molecule has 3 heterocycles. The van der Waals surface area contributed by atoms with Crippen molar-refractivity contribution >= 4 is 30.8 Å². The van der Waals surface area contributed by atoms with E-state index in [0.29, 0.717) is 37.1 Å². The Bertz CT molecular complexity index is 1640. The number of anilines is 1. The largest absolute Gasteiger partial charge is 0.497 e. The van der Waals surface area contributed by atoms with E-state index in [1.165, 1.54) is 24.0 Å². The van der Waals surface area contributed by atoms with Crippen molar-refractivity contribution in [1.82, 2.24) is 4.57 Å². The lowest BCUT2D eigenvalue weighted by Crippen LogP contribution is -2.52. The molecule has 0 aliphatic carbocycles. The number of esters is 1. The maximum absolute atomic E-state index is 14.8. The number of carbonyl (C=O) groups is 2. The molecule has 0 saturated carbocycles. The zero-order valence-electron chi connectivity index (χ0n) is 27.4. The van der Waals surface area contributed by atoms with Crippen molar-refractivity contribution in [2.24, 2.45) is 5.92 Å². The summed E-state index contributed by atoms with van der Waals surface area (Å²) >= 11 is 0. The maximum atomic E-state index is 14.8. The predicted molar refractivity (Wildman–Crippen MR) is 178 cm³/mol. The molecule has 1 aromatic heterocycles. The van der Waals surface area contributed by atoms with Crippen LogP contribution in [0.15, 0.2) is 65.6 Å². The fraction of sp³-hybridized carbons (Fsp3) is 0.457. The fourth-order valence-corrected chi connectivity index (χ4v) is 11.6. The van der Waals surface area contributed by atoms with Crippen LogP contribution in [0.1, 0.15) is 38.2 Å². The fourth-order valence-electron chi connectivity index (χ4n) is 7.54. The summed E-state index contributed by atoms with van der Waals surface area (Å²) in [6.07, 6.45) is 3.13. The van der Waals surface area contributed by atoms with Gasteiger partial charge in [-0.3, -0.25) is 19.0 Å². The van der Waals surface area contributed by atoms with E-state index in [-0.39, 0.29) is 53.8 Å². The third-order valence-electron chi connectivity index (χ3n) is 9.88. The summed E-state index contributed by atoms with van der Waals surface area (Å²) in [6, 6.07) is 17.1. The number of amides is 1. The molecule has 3 aromatic rings. The highest BCUT2D eigenvalue weighted by molar-refractivity contribution is 6.91. The normalized spacial score (nSPS) is 22.3. The molecule has 10 nitrogen and oxygen atoms in total. The van der Waals surface area contributed by atoms with Crippen LogP contribution in [0.2, 0.25) is 18.6 Å². The molecule has 0 bridgehead atoms. The van der Waals surface area contributed by atoms with Crippen LogP contribution in [0.4, 0.5) is 5.69 Å². The molecule has 0 radical (unpaired) electrons. The van der Waals surface area contributed by atoms with Gasteiger partial charge < -0.3 is 29.0 Å². The third kappa shape index (κ3) is 5.65. The van der Waals surface area contributed by atoms with E-state index in [9.17, 15) is 19.5 Å². The van der Waals surface area contributed by atoms with Crippen molar-refractivity contribution in [2.75, 3.05) is 39.4 Å². The number of hydrogen-bond donors (Lipinski definition) is 1. The van der Waals surface area contributed by atoms with Gasteiger partial charge in [0.25, 0.3) is 11.5 Å². The Balaban J connectivity index is 1.62. The number of carbonyl (C=O) groups excluding carboxylic acids is 2. The molecule has 1 amide bonds. The van der Waals surface area contributed by atoms with E-state index >= 15 is 0 Å². The van der Waals surface area contributed by atoms with Crippen LogP contribution in [0.25, 0.3) is 5.69 Å². The molecular weight excluding hydrogens is 604 g/mol. The van der Waals surface area contributed by atoms with E-state index in [0.717, 1.165) is 11.4 Å². The van der Waals surface area contributed by atoms with Gasteiger partial charge in [-0.2, -0.15) is 0 Å². The summed E-state index contributed by atoms with van der Waals surface area (Å²) in [5.41, 5.74) is 0.362. The van der Waals surface area contributed by atoms with Crippen molar-refractivity contribution in [3.8, 4) is 17.2 Å². The number of methoxy groups -OCH3 is 3. The number of ether oxygens (including phenoxy) is 4. The quantitative estimate of drug-likeness (QED) is 0.177. The first-order valence-electron chi connectivity index (χ1n) is 15.8. The van der Waals surface area contributed by atoms with Crippen LogP contribution in [-0.4, -0.2) is 70.2 Å². The van der Waals surface area contributed by atoms with E-state index < -0.39 is 13.7 Å². The van der Waals surface area contributed by atoms with Gasteiger partial charge in [0.2, 0.25) is 0 Å². The van der Waals surface area contributed by atoms with Gasteiger partial charge in [-0.15, -0.1) is 0 Å². The molecule has 0 unspecified atom stereocenters. The molecule has 246 valence electrons. The highest BCUT2D eigenvalue weighted by Crippen LogP contribution is 2.60. The molecule has 2 aliphatic heterocycles. The lowest BCUT2D eigenvalue weighted by molar-refractivity contribution is -0.146. The van der Waals surface area contributed by atoms with Gasteiger partial charge in [0.15, 0.2) is 11.4 Å². The lowest BCUT2D eigenvalue weighted by Gasteiger charge is -2.37. The predicted octanol–water partition coefficient (Wildman–Crippen LogP) is 4.14. The van der Waals surface area contributed by atoms with E-state index in [1.54, 1.807) is 30.3 Å². The number of aliphatic hydroxyl groups excluding tert-OH is 1. The summed E-state index contributed by atoms with van der Waals surface area (Å²) in [4.78, 5) is 41.6. The third-order valence-corrected chi connectivity index (χ3v) is 14.2. The molecule has 2 aliphatic rings. The Morgan fingerprint density at radius 3 is 2.41 bits per heavy atom. The molecule has 2 aromatic carbocycles. The minimum absolute atomic E-state index is 0.0210. The summed E-state index contributed by atoms with van der Waals surface area (Å²) in [6.45, 7) is 7.00. The average molecular weight is 649 g/mol. The Kier molecular flexibility index (Phi) is 9.76. The Hall–Kier alpha value is -3.93. The van der Waals surface area contributed by atoms with Gasteiger partial charge in [0, 0.05) is 42.9 Å². The Morgan fingerprint density at radius 2 is 1.76 bits per heavy atom. The minimum atomic E-state index is -2.34. The molecule has 11 heteroatoms. The van der Waals surface area contributed by atoms with Gasteiger partial charge in [-0.25, -0.2) is 0 Å². The molecule has 4 atom stereocenters. The molecule has 46 heavy (non-hydrogen) atoms. The summed E-state index contributed by atoms with van der Waals surface area (Å²) in [5, 5.41) is 11.4. The average Bonchev–Trinajstić information content (AvgIpc) is 3.49. The zero-order chi connectivity index (χ0) is 33.2. The second kappa shape index (κ2) is 13.4. The molecule has 1 spiro atoms. The van der Waals surface area contributed by atoms with Crippen LogP contribution < -0.4 is 25.1 Å². The number of rotatable bonds is 12. The Labute approximate surface area is 270 Å². The van der Waals surface area contributed by atoms with Gasteiger partial charge >= 0.3 is 5.97 Å². The SMILES string of the molecule is COC(=O)CCCCN1C(=O)[C@]2(O[C@H](CCO)[C@@H]([Si](C)(C)c3ccc(OC)cc3)[C@@H]2C)c2cc(-n3cccc(OC)c3=O)ccc21. The highest BCUT2D eigenvalue weighted by atomic mass is 28.3. The smallest absolute Gasteiger partial charge is 0.305 e. The number of unbranched alkanes of at least 4 members (excludes halogenated alkanes) is 1. The van der Waals surface area contributed by atoms with Crippen LogP contribution in [0, 0.1) is 5.92 Å².